The fourth-order valence-electron chi connectivity index (χ4n) is 2.27. The van der Waals surface area contributed by atoms with Crippen molar-refractivity contribution in [3.63, 3.8) is 0 Å². The molecule has 0 fully saturated rings. The molecule has 1 aromatic carbocycles. The summed E-state index contributed by atoms with van der Waals surface area (Å²) < 4.78 is 10.2. The summed E-state index contributed by atoms with van der Waals surface area (Å²) in [6, 6.07) is 13.1. The van der Waals surface area contributed by atoms with Gasteiger partial charge in [-0.3, -0.25) is 4.79 Å². The number of carbonyl (C=O) groups is 1. The van der Waals surface area contributed by atoms with Crippen molar-refractivity contribution in [1.82, 2.24) is 9.88 Å². The van der Waals surface area contributed by atoms with Gasteiger partial charge in [-0.2, -0.15) is 0 Å². The zero-order valence-corrected chi connectivity index (χ0v) is 13.9. The number of hydrogen-bond acceptors (Lipinski definition) is 4. The zero-order valence-electron chi connectivity index (χ0n) is 13.9. The molecule has 0 radical (unpaired) electrons. The first kappa shape index (κ1) is 16.8. The van der Waals surface area contributed by atoms with Gasteiger partial charge in [0.15, 0.2) is 0 Å². The van der Waals surface area contributed by atoms with Crippen molar-refractivity contribution in [3.05, 3.63) is 53.7 Å². The predicted molar refractivity (Wildman–Crippen MR) is 89.0 cm³/mol. The molecule has 2 rings (SSSR count). The Morgan fingerprint density at radius 1 is 1.13 bits per heavy atom. The average Bonchev–Trinajstić information content (AvgIpc) is 2.61. The third-order valence-electron chi connectivity index (χ3n) is 3.82. The maximum Gasteiger partial charge on any atom is 0.272 e. The number of aromatic nitrogens is 1. The van der Waals surface area contributed by atoms with Gasteiger partial charge in [0, 0.05) is 19.2 Å². The van der Waals surface area contributed by atoms with Gasteiger partial charge in [0.25, 0.3) is 5.91 Å². The third kappa shape index (κ3) is 4.22. The molecule has 0 spiro atoms. The number of amides is 1. The highest BCUT2D eigenvalue weighted by Crippen LogP contribution is 2.15. The number of nitrogens with zero attached hydrogens (tertiary/aromatic N) is 2. The Balaban J connectivity index is 2.05. The highest BCUT2D eigenvalue weighted by molar-refractivity contribution is 5.92. The van der Waals surface area contributed by atoms with Crippen molar-refractivity contribution >= 4 is 5.91 Å². The van der Waals surface area contributed by atoms with E-state index in [9.17, 15) is 4.79 Å². The van der Waals surface area contributed by atoms with Crippen LogP contribution in [0.25, 0.3) is 0 Å². The Kier molecular flexibility index (Phi) is 5.57. The van der Waals surface area contributed by atoms with E-state index >= 15 is 0 Å². The monoisotopic (exact) mass is 314 g/mol. The van der Waals surface area contributed by atoms with Crippen molar-refractivity contribution in [1.29, 1.82) is 0 Å². The fraction of sp³-hybridized carbons (Fsp3) is 0.333. The molecule has 1 heterocycles. The molecule has 0 aliphatic rings. The molecule has 122 valence electrons. The summed E-state index contributed by atoms with van der Waals surface area (Å²) in [5, 5.41) is 0. The summed E-state index contributed by atoms with van der Waals surface area (Å²) in [6.07, 6.45) is 0.760. The molecule has 5 heteroatoms. The Bertz CT molecular complexity index is 656. The van der Waals surface area contributed by atoms with E-state index in [0.29, 0.717) is 11.6 Å². The largest absolute Gasteiger partial charge is 0.497 e. The molecule has 2 aromatic rings. The van der Waals surface area contributed by atoms with Crippen LogP contribution in [0.3, 0.4) is 0 Å². The minimum absolute atomic E-state index is 0.0453. The molecule has 0 aliphatic carbocycles. The van der Waals surface area contributed by atoms with Crippen molar-refractivity contribution in [2.24, 2.45) is 0 Å². The minimum Gasteiger partial charge on any atom is -0.497 e. The molecule has 1 atom stereocenters. The maximum absolute atomic E-state index is 12.5. The van der Waals surface area contributed by atoms with E-state index in [2.05, 4.69) is 4.98 Å². The first-order chi connectivity index (χ1) is 11.0. The summed E-state index contributed by atoms with van der Waals surface area (Å²) in [6.45, 7) is 2.02. The van der Waals surface area contributed by atoms with Crippen molar-refractivity contribution in [2.45, 2.75) is 19.4 Å². The molecule has 0 unspecified atom stereocenters. The lowest BCUT2D eigenvalue weighted by atomic mass is 10.1. The van der Waals surface area contributed by atoms with Crippen LogP contribution in [0, 0.1) is 0 Å². The molecule has 0 aliphatic heterocycles. The molecule has 1 aromatic heterocycles. The number of ether oxygens (including phenoxy) is 2. The van der Waals surface area contributed by atoms with Crippen LogP contribution in [0.4, 0.5) is 0 Å². The van der Waals surface area contributed by atoms with E-state index in [1.54, 1.807) is 37.3 Å². The topological polar surface area (TPSA) is 51.7 Å². The van der Waals surface area contributed by atoms with Crippen molar-refractivity contribution < 1.29 is 14.3 Å². The average molecular weight is 314 g/mol. The van der Waals surface area contributed by atoms with Crippen molar-refractivity contribution in [3.8, 4) is 11.6 Å². The fourth-order valence-corrected chi connectivity index (χ4v) is 2.27. The second kappa shape index (κ2) is 7.63. The second-order valence-electron chi connectivity index (χ2n) is 5.38. The lowest BCUT2D eigenvalue weighted by molar-refractivity contribution is 0.0736. The standard InChI is InChI=1S/C18H22N2O3/c1-13(12-14-8-10-15(22-3)11-9-14)20(2)18(21)16-6-5-7-17(19-16)23-4/h5-11,13H,12H2,1-4H3/t13-/m1/s1. The van der Waals surface area contributed by atoms with Crippen LogP contribution in [0.15, 0.2) is 42.5 Å². The molecular weight excluding hydrogens is 292 g/mol. The number of rotatable bonds is 6. The number of likely N-dealkylation sites (N-methyl/N-ethyl adjacent to an activating group) is 1. The quantitative estimate of drug-likeness (QED) is 0.823. The normalized spacial score (nSPS) is 11.7. The molecule has 0 saturated carbocycles. The van der Waals surface area contributed by atoms with Gasteiger partial charge in [-0.25, -0.2) is 4.98 Å². The van der Waals surface area contributed by atoms with Gasteiger partial charge in [0.05, 0.1) is 14.2 Å². The minimum atomic E-state index is -0.120. The van der Waals surface area contributed by atoms with Crippen LogP contribution in [0.1, 0.15) is 23.0 Å². The number of benzene rings is 1. The summed E-state index contributed by atoms with van der Waals surface area (Å²) in [5.74, 6) is 1.14. The third-order valence-corrected chi connectivity index (χ3v) is 3.82. The summed E-state index contributed by atoms with van der Waals surface area (Å²) in [5.41, 5.74) is 1.53. The molecule has 5 nitrogen and oxygen atoms in total. The number of methoxy groups -OCH3 is 2. The van der Waals surface area contributed by atoms with Gasteiger partial charge in [-0.15, -0.1) is 0 Å². The van der Waals surface area contributed by atoms with Gasteiger partial charge in [0.2, 0.25) is 5.88 Å². The smallest absolute Gasteiger partial charge is 0.272 e. The second-order valence-corrected chi connectivity index (χ2v) is 5.38. The van der Waals surface area contributed by atoms with Crippen LogP contribution in [-0.4, -0.2) is 43.1 Å². The van der Waals surface area contributed by atoms with Gasteiger partial charge < -0.3 is 14.4 Å². The van der Waals surface area contributed by atoms with Crippen LogP contribution in [0.2, 0.25) is 0 Å². The highest BCUT2D eigenvalue weighted by Gasteiger charge is 2.19. The maximum atomic E-state index is 12.5. The van der Waals surface area contributed by atoms with E-state index < -0.39 is 0 Å². The van der Waals surface area contributed by atoms with Crippen molar-refractivity contribution in [2.75, 3.05) is 21.3 Å². The van der Waals surface area contributed by atoms with E-state index in [-0.39, 0.29) is 11.9 Å². The van der Waals surface area contributed by atoms with E-state index in [0.717, 1.165) is 17.7 Å². The molecule has 23 heavy (non-hydrogen) atoms. The van der Waals surface area contributed by atoms with Gasteiger partial charge >= 0.3 is 0 Å². The van der Waals surface area contributed by atoms with Gasteiger partial charge in [-0.1, -0.05) is 18.2 Å². The molecule has 0 bridgehead atoms. The number of pyridine rings is 1. The molecular formula is C18H22N2O3. The zero-order chi connectivity index (χ0) is 16.8. The lowest BCUT2D eigenvalue weighted by Crippen LogP contribution is -2.36. The SMILES string of the molecule is COc1ccc(C[C@@H](C)N(C)C(=O)c2cccc(OC)n2)cc1. The van der Waals surface area contributed by atoms with Gasteiger partial charge in [0.1, 0.15) is 11.4 Å². The van der Waals surface area contributed by atoms with Crippen LogP contribution >= 0.6 is 0 Å². The first-order valence-electron chi connectivity index (χ1n) is 7.46. The lowest BCUT2D eigenvalue weighted by Gasteiger charge is -2.25. The number of carbonyl (C=O) groups excluding carboxylic acids is 1. The van der Waals surface area contributed by atoms with E-state index in [4.69, 9.17) is 9.47 Å². The molecule has 0 N–H and O–H groups in total. The highest BCUT2D eigenvalue weighted by atomic mass is 16.5. The Morgan fingerprint density at radius 3 is 2.43 bits per heavy atom. The summed E-state index contributed by atoms with van der Waals surface area (Å²) in [4.78, 5) is 18.4. The Labute approximate surface area is 136 Å². The van der Waals surface area contributed by atoms with Crippen LogP contribution in [0.5, 0.6) is 11.6 Å². The van der Waals surface area contributed by atoms with Gasteiger partial charge in [-0.05, 0) is 37.1 Å². The van der Waals surface area contributed by atoms with E-state index in [1.807, 2.05) is 31.2 Å². The van der Waals surface area contributed by atoms with E-state index in [1.165, 1.54) is 7.11 Å². The van der Waals surface area contributed by atoms with Crippen LogP contribution < -0.4 is 9.47 Å². The van der Waals surface area contributed by atoms with Crippen LogP contribution in [-0.2, 0) is 6.42 Å². The predicted octanol–water partition coefficient (Wildman–Crippen LogP) is 2.80. The Morgan fingerprint density at radius 2 is 1.83 bits per heavy atom. The molecule has 0 saturated heterocycles. The summed E-state index contributed by atoms with van der Waals surface area (Å²) >= 11 is 0. The Hall–Kier alpha value is -2.56. The molecule has 1 amide bonds. The first-order valence-corrected chi connectivity index (χ1v) is 7.46. The summed E-state index contributed by atoms with van der Waals surface area (Å²) in [7, 11) is 4.97. The number of hydrogen-bond donors (Lipinski definition) is 0.